The lowest BCUT2D eigenvalue weighted by Gasteiger charge is -2.14. The first kappa shape index (κ1) is 21.1. The summed E-state index contributed by atoms with van der Waals surface area (Å²) in [6.45, 7) is 3.22. The average molecular weight is 516 g/mol. The van der Waals surface area contributed by atoms with E-state index in [9.17, 15) is 22.8 Å². The van der Waals surface area contributed by atoms with Crippen LogP contribution in [0.3, 0.4) is 0 Å². The second kappa shape index (κ2) is 8.01. The number of aromatic amines is 1. The van der Waals surface area contributed by atoms with Gasteiger partial charge in [0.05, 0.1) is 5.69 Å². The molecule has 2 aromatic carbocycles. The molecule has 152 valence electrons. The predicted octanol–water partition coefficient (Wildman–Crippen LogP) is 3.63. The van der Waals surface area contributed by atoms with Crippen molar-refractivity contribution in [1.82, 2.24) is 20.1 Å². The van der Waals surface area contributed by atoms with Gasteiger partial charge in [-0.2, -0.15) is 17.9 Å². The van der Waals surface area contributed by atoms with Gasteiger partial charge < -0.3 is 5.32 Å². The van der Waals surface area contributed by atoms with E-state index in [1.54, 1.807) is 31.2 Å². The zero-order valence-electron chi connectivity index (χ0n) is 15.4. The summed E-state index contributed by atoms with van der Waals surface area (Å²) in [4.78, 5) is 26.2. The highest BCUT2D eigenvalue weighted by molar-refractivity contribution is 14.1. The van der Waals surface area contributed by atoms with Gasteiger partial charge in [0.2, 0.25) is 0 Å². The van der Waals surface area contributed by atoms with Crippen molar-refractivity contribution in [3.8, 4) is 17.1 Å². The van der Waals surface area contributed by atoms with E-state index in [4.69, 9.17) is 0 Å². The molecular weight excluding hydrogens is 500 g/mol. The number of aryl methyl sites for hydroxylation is 1. The highest BCUT2D eigenvalue weighted by atomic mass is 127. The molecular formula is C19H16F3IN4O2. The Morgan fingerprint density at radius 3 is 2.45 bits per heavy atom. The van der Waals surface area contributed by atoms with Crippen molar-refractivity contribution < 1.29 is 18.0 Å². The number of alkyl halides is 3. The third-order valence-corrected chi connectivity index (χ3v) is 5.13. The summed E-state index contributed by atoms with van der Waals surface area (Å²) in [5.41, 5.74) is 2.66. The standard InChI is InChI=1S/C19H16F3IN4O2/c1-10-3-4-12(9-24-17(28)19(20,21)22)11(2)15(10)16-25-18(29)27(26-16)14-7-5-13(23)6-8-14/h3-8H,9H2,1-2H3,(H,24,28)(H,25,26,29). The molecule has 3 rings (SSSR count). The van der Waals surface area contributed by atoms with E-state index in [2.05, 4.69) is 32.7 Å². The number of hydrogen-bond donors (Lipinski definition) is 2. The molecule has 0 saturated heterocycles. The smallest absolute Gasteiger partial charge is 0.344 e. The highest BCUT2D eigenvalue weighted by Crippen LogP contribution is 2.27. The SMILES string of the molecule is Cc1ccc(CNC(=O)C(F)(F)F)c(C)c1-c1nn(-c2ccc(I)cc2)c(=O)[nH]1. The normalized spacial score (nSPS) is 11.5. The summed E-state index contributed by atoms with van der Waals surface area (Å²) in [6, 6.07) is 10.6. The molecule has 0 aliphatic rings. The largest absolute Gasteiger partial charge is 0.471 e. The van der Waals surface area contributed by atoms with Crippen LogP contribution in [0.15, 0.2) is 41.2 Å². The van der Waals surface area contributed by atoms with Crippen molar-refractivity contribution >= 4 is 28.5 Å². The minimum Gasteiger partial charge on any atom is -0.344 e. The third kappa shape index (κ3) is 4.52. The number of H-pyrrole nitrogens is 1. The Morgan fingerprint density at radius 2 is 1.83 bits per heavy atom. The Bertz CT molecular complexity index is 1120. The van der Waals surface area contributed by atoms with Crippen LogP contribution in [0, 0.1) is 17.4 Å². The maximum atomic E-state index is 12.4. The monoisotopic (exact) mass is 516 g/mol. The van der Waals surface area contributed by atoms with Crippen LogP contribution in [0.5, 0.6) is 0 Å². The van der Waals surface area contributed by atoms with Crippen LogP contribution in [0.25, 0.3) is 17.1 Å². The van der Waals surface area contributed by atoms with Gasteiger partial charge in [-0.05, 0) is 77.4 Å². The molecule has 0 aliphatic carbocycles. The number of carbonyl (C=O) groups excluding carboxylic acids is 1. The maximum absolute atomic E-state index is 12.4. The van der Waals surface area contributed by atoms with Gasteiger partial charge in [0.1, 0.15) is 0 Å². The van der Waals surface area contributed by atoms with Gasteiger partial charge in [0.15, 0.2) is 5.82 Å². The van der Waals surface area contributed by atoms with Crippen molar-refractivity contribution in [2.75, 3.05) is 0 Å². The Hall–Kier alpha value is -2.63. The number of benzene rings is 2. The lowest BCUT2D eigenvalue weighted by molar-refractivity contribution is -0.173. The van der Waals surface area contributed by atoms with Gasteiger partial charge >= 0.3 is 17.8 Å². The van der Waals surface area contributed by atoms with E-state index in [1.165, 1.54) is 4.68 Å². The van der Waals surface area contributed by atoms with Gasteiger partial charge in [-0.3, -0.25) is 9.78 Å². The second-order valence-electron chi connectivity index (χ2n) is 6.39. The Balaban J connectivity index is 1.97. The van der Waals surface area contributed by atoms with Crippen molar-refractivity contribution in [3.05, 3.63) is 67.1 Å². The maximum Gasteiger partial charge on any atom is 0.471 e. The fraction of sp³-hybridized carbons (Fsp3) is 0.211. The molecule has 0 fully saturated rings. The fourth-order valence-electron chi connectivity index (χ4n) is 2.92. The molecule has 2 N–H and O–H groups in total. The number of aromatic nitrogens is 3. The molecule has 29 heavy (non-hydrogen) atoms. The zero-order chi connectivity index (χ0) is 21.3. The summed E-state index contributed by atoms with van der Waals surface area (Å²) < 4.78 is 39.5. The molecule has 1 aromatic heterocycles. The van der Waals surface area contributed by atoms with Crippen LogP contribution < -0.4 is 11.0 Å². The molecule has 3 aromatic rings. The van der Waals surface area contributed by atoms with Crippen molar-refractivity contribution in [2.45, 2.75) is 26.6 Å². The number of nitrogens with zero attached hydrogens (tertiary/aromatic N) is 2. The van der Waals surface area contributed by atoms with Crippen LogP contribution in [0.4, 0.5) is 13.2 Å². The van der Waals surface area contributed by atoms with E-state index < -0.39 is 17.8 Å². The molecule has 6 nitrogen and oxygen atoms in total. The summed E-state index contributed by atoms with van der Waals surface area (Å²) in [5.74, 6) is -1.71. The molecule has 0 spiro atoms. The zero-order valence-corrected chi connectivity index (χ0v) is 17.6. The number of halogens is 4. The molecule has 0 bridgehead atoms. The quantitative estimate of drug-likeness (QED) is 0.521. The van der Waals surface area contributed by atoms with E-state index in [0.29, 0.717) is 28.2 Å². The van der Waals surface area contributed by atoms with E-state index >= 15 is 0 Å². The third-order valence-electron chi connectivity index (χ3n) is 4.41. The summed E-state index contributed by atoms with van der Waals surface area (Å²) >= 11 is 2.15. The van der Waals surface area contributed by atoms with Gasteiger partial charge in [-0.25, -0.2) is 4.79 Å². The molecule has 0 unspecified atom stereocenters. The van der Waals surface area contributed by atoms with E-state index in [1.807, 2.05) is 24.4 Å². The van der Waals surface area contributed by atoms with Crippen molar-refractivity contribution in [3.63, 3.8) is 0 Å². The molecule has 0 atom stereocenters. The van der Waals surface area contributed by atoms with Gasteiger partial charge in [-0.1, -0.05) is 12.1 Å². The fourth-order valence-corrected chi connectivity index (χ4v) is 3.28. The average Bonchev–Trinajstić information content (AvgIpc) is 3.02. The molecule has 0 aliphatic heterocycles. The number of nitrogens with one attached hydrogen (secondary N) is 2. The molecule has 1 heterocycles. The molecule has 0 saturated carbocycles. The summed E-state index contributed by atoms with van der Waals surface area (Å²) in [6.07, 6.45) is -4.95. The molecule has 1 amide bonds. The Morgan fingerprint density at radius 1 is 1.17 bits per heavy atom. The lowest BCUT2D eigenvalue weighted by atomic mass is 9.97. The topological polar surface area (TPSA) is 79.8 Å². The van der Waals surface area contributed by atoms with Crippen molar-refractivity contribution in [2.24, 2.45) is 0 Å². The number of rotatable bonds is 4. The second-order valence-corrected chi connectivity index (χ2v) is 7.63. The van der Waals surface area contributed by atoms with Crippen LogP contribution in [0.1, 0.15) is 16.7 Å². The first-order chi connectivity index (χ1) is 13.6. The summed E-state index contributed by atoms with van der Waals surface area (Å²) in [5, 5.41) is 6.22. The van der Waals surface area contributed by atoms with Crippen molar-refractivity contribution in [1.29, 1.82) is 0 Å². The Labute approximate surface area is 177 Å². The van der Waals surface area contributed by atoms with Gasteiger partial charge in [-0.15, -0.1) is 5.10 Å². The Kier molecular flexibility index (Phi) is 5.82. The van der Waals surface area contributed by atoms with Crippen LogP contribution in [-0.4, -0.2) is 26.8 Å². The number of hydrogen-bond acceptors (Lipinski definition) is 3. The first-order valence-electron chi connectivity index (χ1n) is 8.47. The minimum absolute atomic E-state index is 0.292. The van der Waals surface area contributed by atoms with Gasteiger partial charge in [0, 0.05) is 15.7 Å². The highest BCUT2D eigenvalue weighted by Gasteiger charge is 2.38. The van der Waals surface area contributed by atoms with E-state index in [-0.39, 0.29) is 6.54 Å². The first-order valence-corrected chi connectivity index (χ1v) is 9.55. The van der Waals surface area contributed by atoms with Crippen LogP contribution >= 0.6 is 22.6 Å². The van der Waals surface area contributed by atoms with Crippen LogP contribution in [0.2, 0.25) is 0 Å². The predicted molar refractivity (Wildman–Crippen MR) is 110 cm³/mol. The summed E-state index contributed by atoms with van der Waals surface area (Å²) in [7, 11) is 0. The van der Waals surface area contributed by atoms with Gasteiger partial charge in [0.25, 0.3) is 0 Å². The van der Waals surface area contributed by atoms with Crippen LogP contribution in [-0.2, 0) is 11.3 Å². The lowest BCUT2D eigenvalue weighted by Crippen LogP contribution is -2.36. The number of amides is 1. The minimum atomic E-state index is -4.95. The molecule has 10 heteroatoms. The number of carbonyl (C=O) groups is 1. The molecule has 0 radical (unpaired) electrons. The van der Waals surface area contributed by atoms with E-state index in [0.717, 1.165) is 9.13 Å².